The van der Waals surface area contributed by atoms with Crippen LogP contribution in [0.1, 0.15) is 45.4 Å². The highest BCUT2D eigenvalue weighted by Crippen LogP contribution is 2.24. The lowest BCUT2D eigenvalue weighted by atomic mass is 10.1. The average Bonchev–Trinajstić information content (AvgIpc) is 2.01. The largest absolute Gasteiger partial charge is 0.790 e. The lowest BCUT2D eigenvalue weighted by Crippen LogP contribution is -2.16. The minimum absolute atomic E-state index is 0. The van der Waals surface area contributed by atoms with Gasteiger partial charge in [-0.25, -0.2) is 0 Å². The molecule has 88 valence electrons. The Morgan fingerprint density at radius 2 is 1.57 bits per heavy atom. The van der Waals surface area contributed by atoms with Gasteiger partial charge in [-0.1, -0.05) is 39.0 Å². The normalized spacial score (nSPS) is 11.1. The van der Waals surface area contributed by atoms with Crippen LogP contribution in [0, 0.1) is 0 Å². The molecule has 14 heavy (non-hydrogen) atoms. The summed E-state index contributed by atoms with van der Waals surface area (Å²) in [4.78, 5) is 20.0. The minimum atomic E-state index is -4.73. The fourth-order valence-corrected chi connectivity index (χ4v) is 1.41. The Morgan fingerprint density at radius 1 is 1.07 bits per heavy atom. The molecule has 0 aromatic rings. The van der Waals surface area contributed by atoms with E-state index >= 15 is 0 Å². The number of hydrogen-bond acceptors (Lipinski definition) is 5. The highest BCUT2D eigenvalue weighted by atomic mass is 31.2. The summed E-state index contributed by atoms with van der Waals surface area (Å²) in [6, 6.07) is 0. The van der Waals surface area contributed by atoms with Gasteiger partial charge in [-0.15, -0.1) is 0 Å². The Labute approximate surface area is 85.7 Å². The Bertz CT molecular complexity index is 159. The van der Waals surface area contributed by atoms with Crippen LogP contribution in [0.3, 0.4) is 0 Å². The van der Waals surface area contributed by atoms with Gasteiger partial charge < -0.3 is 25.0 Å². The van der Waals surface area contributed by atoms with E-state index in [2.05, 4.69) is 11.4 Å². The first-order valence-corrected chi connectivity index (χ1v) is 6.19. The van der Waals surface area contributed by atoms with E-state index in [1.165, 1.54) is 19.3 Å². The molecule has 0 aromatic carbocycles. The second kappa shape index (κ2) is 9.62. The first-order valence-electron chi connectivity index (χ1n) is 4.73. The van der Waals surface area contributed by atoms with Gasteiger partial charge in [-0.05, 0) is 6.42 Å². The van der Waals surface area contributed by atoms with E-state index in [9.17, 15) is 14.4 Å². The fraction of sp³-hybridized carbons (Fsp3) is 1.00. The predicted molar refractivity (Wildman–Crippen MR) is 52.0 cm³/mol. The van der Waals surface area contributed by atoms with Crippen LogP contribution >= 0.6 is 7.82 Å². The van der Waals surface area contributed by atoms with Crippen LogP contribution in [0.5, 0.6) is 0 Å². The van der Waals surface area contributed by atoms with Crippen molar-refractivity contribution in [3.63, 3.8) is 0 Å². The molecule has 0 heterocycles. The molecular weight excluding hydrogens is 205 g/mol. The number of phosphoric ester groups is 1. The molecule has 0 radical (unpaired) electrons. The number of hydrogen-bond donors (Lipinski definition) is 1. The van der Waals surface area contributed by atoms with Crippen molar-refractivity contribution in [3.05, 3.63) is 0 Å². The molecule has 0 aliphatic heterocycles. The van der Waals surface area contributed by atoms with Crippen molar-refractivity contribution in [2.24, 2.45) is 0 Å². The van der Waals surface area contributed by atoms with Gasteiger partial charge in [0.1, 0.15) is 0 Å². The Kier molecular flexibility index (Phi) is 11.3. The van der Waals surface area contributed by atoms with E-state index in [0.717, 1.165) is 12.8 Å². The summed E-state index contributed by atoms with van der Waals surface area (Å²) < 4.78 is 14.1. The summed E-state index contributed by atoms with van der Waals surface area (Å²) in [5, 5.41) is 0. The Balaban J connectivity index is 0. The standard InChI is InChI=1S/C8H19O4P.H3N/c1-2-3-4-5-6-7-8-12-13(9,10)11;/h2-8H2,1H3,(H2,9,10,11);1H3/p-2. The van der Waals surface area contributed by atoms with Crippen LogP contribution < -0.4 is 15.9 Å². The van der Waals surface area contributed by atoms with Crippen molar-refractivity contribution >= 4 is 7.82 Å². The first-order chi connectivity index (χ1) is 6.06. The molecule has 0 unspecified atom stereocenters. The first kappa shape index (κ1) is 16.5. The van der Waals surface area contributed by atoms with Gasteiger partial charge in [0, 0.05) is 0 Å². The summed E-state index contributed by atoms with van der Waals surface area (Å²) in [6.07, 6.45) is 6.23. The number of unbranched alkanes of at least 4 members (excludes halogenated alkanes) is 5. The number of rotatable bonds is 8. The molecule has 0 aliphatic rings. The summed E-state index contributed by atoms with van der Waals surface area (Å²) in [7, 11) is -4.73. The van der Waals surface area contributed by atoms with E-state index in [1.807, 2.05) is 0 Å². The van der Waals surface area contributed by atoms with Crippen LogP contribution in [0.25, 0.3) is 0 Å². The molecule has 0 amide bonds. The van der Waals surface area contributed by atoms with Gasteiger partial charge in [0.15, 0.2) is 0 Å². The zero-order valence-electron chi connectivity index (χ0n) is 8.74. The molecule has 0 saturated carbocycles. The zero-order chi connectivity index (χ0) is 10.2. The van der Waals surface area contributed by atoms with E-state index in [-0.39, 0.29) is 12.8 Å². The topological polar surface area (TPSA) is 107 Å². The third-order valence-electron chi connectivity index (χ3n) is 1.75. The van der Waals surface area contributed by atoms with E-state index in [0.29, 0.717) is 6.42 Å². The molecule has 0 spiro atoms. The van der Waals surface area contributed by atoms with Crippen molar-refractivity contribution < 1.29 is 18.9 Å². The van der Waals surface area contributed by atoms with Gasteiger partial charge >= 0.3 is 0 Å². The van der Waals surface area contributed by atoms with Gasteiger partial charge in [0.2, 0.25) is 0 Å². The van der Waals surface area contributed by atoms with Crippen molar-refractivity contribution in [1.82, 2.24) is 6.15 Å². The second-order valence-electron chi connectivity index (χ2n) is 3.05. The van der Waals surface area contributed by atoms with Crippen LogP contribution in [-0.2, 0) is 9.09 Å². The second-order valence-corrected chi connectivity index (χ2v) is 4.20. The van der Waals surface area contributed by atoms with E-state index in [1.54, 1.807) is 0 Å². The maximum absolute atomic E-state index is 10.0. The smallest absolute Gasteiger partial charge is 0.0596 e. The highest BCUT2D eigenvalue weighted by molar-refractivity contribution is 7.43. The van der Waals surface area contributed by atoms with E-state index < -0.39 is 7.82 Å². The molecule has 0 aromatic heterocycles. The molecule has 0 saturated heterocycles. The molecule has 0 rings (SSSR count). The molecule has 0 atom stereocenters. The maximum Gasteiger partial charge on any atom is 0.0596 e. The van der Waals surface area contributed by atoms with Crippen molar-refractivity contribution in [2.45, 2.75) is 45.4 Å². The highest BCUT2D eigenvalue weighted by Gasteiger charge is 1.92. The van der Waals surface area contributed by atoms with Crippen molar-refractivity contribution in [2.75, 3.05) is 6.61 Å². The molecule has 0 fully saturated rings. The molecule has 0 aliphatic carbocycles. The number of phosphoric acid groups is 1. The Hall–Kier alpha value is 0.0700. The molecule has 0 bridgehead atoms. The molecule has 3 N–H and O–H groups in total. The quantitative estimate of drug-likeness (QED) is 0.495. The van der Waals surface area contributed by atoms with Crippen LogP contribution in [0.4, 0.5) is 0 Å². The summed E-state index contributed by atoms with van der Waals surface area (Å²) in [5.74, 6) is 0. The van der Waals surface area contributed by atoms with Crippen LogP contribution in [0.2, 0.25) is 0 Å². The molecular formula is C8H20NO4P-2. The van der Waals surface area contributed by atoms with Gasteiger partial charge in [-0.2, -0.15) is 0 Å². The lowest BCUT2D eigenvalue weighted by molar-refractivity contribution is -0.341. The third kappa shape index (κ3) is 14.6. The van der Waals surface area contributed by atoms with Gasteiger partial charge in [0.05, 0.1) is 14.4 Å². The third-order valence-corrected chi connectivity index (χ3v) is 2.25. The van der Waals surface area contributed by atoms with Crippen molar-refractivity contribution in [3.8, 4) is 0 Å². The maximum atomic E-state index is 10.0. The summed E-state index contributed by atoms with van der Waals surface area (Å²) >= 11 is 0. The molecule has 5 nitrogen and oxygen atoms in total. The lowest BCUT2D eigenvalue weighted by Gasteiger charge is -2.28. The monoisotopic (exact) mass is 225 g/mol. The fourth-order valence-electron chi connectivity index (χ4n) is 1.06. The van der Waals surface area contributed by atoms with E-state index in [4.69, 9.17) is 0 Å². The Morgan fingerprint density at radius 3 is 2.07 bits per heavy atom. The SMILES string of the molecule is CCCCCCCCOP(=O)([O-])[O-].N. The molecule has 6 heteroatoms. The van der Waals surface area contributed by atoms with Gasteiger partial charge in [-0.3, -0.25) is 0 Å². The van der Waals surface area contributed by atoms with Gasteiger partial charge in [0.25, 0.3) is 0 Å². The summed E-state index contributed by atoms with van der Waals surface area (Å²) in [5.41, 5.74) is 0. The zero-order valence-corrected chi connectivity index (χ0v) is 9.63. The van der Waals surface area contributed by atoms with Crippen LogP contribution in [0.15, 0.2) is 0 Å². The summed E-state index contributed by atoms with van der Waals surface area (Å²) in [6.45, 7) is 2.17. The average molecular weight is 225 g/mol. The minimum Gasteiger partial charge on any atom is -0.790 e. The predicted octanol–water partition coefficient (Wildman–Crippen LogP) is 1.35. The van der Waals surface area contributed by atoms with Crippen LogP contribution in [-0.4, -0.2) is 6.61 Å². The van der Waals surface area contributed by atoms with Crippen molar-refractivity contribution in [1.29, 1.82) is 0 Å².